The maximum atomic E-state index is 9.96. The third-order valence-corrected chi connectivity index (χ3v) is 3.23. The SMILES string of the molecule is COC1CC(NCC2(O)CCOC2)C1. The number of hydrogen-bond acceptors (Lipinski definition) is 4. The number of hydrogen-bond donors (Lipinski definition) is 2. The lowest BCUT2D eigenvalue weighted by Gasteiger charge is -2.36. The van der Waals surface area contributed by atoms with E-state index in [1.165, 1.54) is 0 Å². The summed E-state index contributed by atoms with van der Waals surface area (Å²) in [6, 6.07) is 0.518. The fraction of sp³-hybridized carbons (Fsp3) is 1.00. The van der Waals surface area contributed by atoms with E-state index in [2.05, 4.69) is 5.32 Å². The number of ether oxygens (including phenoxy) is 2. The smallest absolute Gasteiger partial charge is 0.102 e. The van der Waals surface area contributed by atoms with E-state index in [1.54, 1.807) is 7.11 Å². The molecule has 1 saturated carbocycles. The average molecular weight is 201 g/mol. The zero-order chi connectivity index (χ0) is 10.0. The Morgan fingerprint density at radius 1 is 1.57 bits per heavy atom. The van der Waals surface area contributed by atoms with Gasteiger partial charge in [-0.05, 0) is 12.8 Å². The molecule has 2 fully saturated rings. The first-order chi connectivity index (χ1) is 6.72. The van der Waals surface area contributed by atoms with Crippen LogP contribution in [0.25, 0.3) is 0 Å². The number of rotatable bonds is 4. The predicted molar refractivity (Wildman–Crippen MR) is 52.2 cm³/mol. The standard InChI is InChI=1S/C10H19NO3/c1-13-9-4-8(5-9)11-6-10(12)2-3-14-7-10/h8-9,11-12H,2-7H2,1H3. The third-order valence-electron chi connectivity index (χ3n) is 3.23. The van der Waals surface area contributed by atoms with Gasteiger partial charge in [-0.3, -0.25) is 0 Å². The second kappa shape index (κ2) is 4.14. The van der Waals surface area contributed by atoms with Crippen molar-refractivity contribution in [1.82, 2.24) is 5.32 Å². The molecule has 2 rings (SSSR count). The second-order valence-corrected chi connectivity index (χ2v) is 4.43. The van der Waals surface area contributed by atoms with Gasteiger partial charge in [0, 0.05) is 32.7 Å². The summed E-state index contributed by atoms with van der Waals surface area (Å²) in [5, 5.41) is 13.3. The minimum Gasteiger partial charge on any atom is -0.386 e. The molecular weight excluding hydrogens is 182 g/mol. The molecule has 82 valence electrons. The Labute approximate surface area is 84.6 Å². The van der Waals surface area contributed by atoms with Gasteiger partial charge in [0.2, 0.25) is 0 Å². The Balaban J connectivity index is 1.63. The van der Waals surface area contributed by atoms with E-state index in [9.17, 15) is 5.11 Å². The van der Waals surface area contributed by atoms with Gasteiger partial charge in [0.1, 0.15) is 5.60 Å². The molecule has 1 unspecified atom stereocenters. The monoisotopic (exact) mass is 201 g/mol. The molecule has 1 atom stereocenters. The largest absolute Gasteiger partial charge is 0.386 e. The summed E-state index contributed by atoms with van der Waals surface area (Å²) in [5.74, 6) is 0. The molecule has 1 heterocycles. The minimum atomic E-state index is -0.627. The maximum Gasteiger partial charge on any atom is 0.102 e. The van der Waals surface area contributed by atoms with E-state index in [4.69, 9.17) is 9.47 Å². The maximum absolute atomic E-state index is 9.96. The number of nitrogens with one attached hydrogen (secondary N) is 1. The molecule has 0 aromatic carbocycles. The predicted octanol–water partition coefficient (Wildman–Crippen LogP) is -0.0952. The van der Waals surface area contributed by atoms with E-state index in [0.29, 0.717) is 31.9 Å². The van der Waals surface area contributed by atoms with Gasteiger partial charge < -0.3 is 19.9 Å². The van der Waals surface area contributed by atoms with Crippen molar-refractivity contribution >= 4 is 0 Å². The molecule has 0 aromatic rings. The fourth-order valence-electron chi connectivity index (χ4n) is 1.99. The normalized spacial score (nSPS) is 42.4. The van der Waals surface area contributed by atoms with E-state index in [0.717, 1.165) is 19.3 Å². The average Bonchev–Trinajstić information content (AvgIpc) is 2.50. The molecule has 0 aromatic heterocycles. The van der Waals surface area contributed by atoms with Crippen LogP contribution in [0.2, 0.25) is 0 Å². The molecule has 0 amide bonds. The zero-order valence-corrected chi connectivity index (χ0v) is 8.66. The molecular formula is C10H19NO3. The molecule has 0 bridgehead atoms. The van der Waals surface area contributed by atoms with Crippen LogP contribution in [0, 0.1) is 0 Å². The highest BCUT2D eigenvalue weighted by Crippen LogP contribution is 2.24. The first-order valence-corrected chi connectivity index (χ1v) is 5.28. The van der Waals surface area contributed by atoms with Gasteiger partial charge in [-0.25, -0.2) is 0 Å². The van der Waals surface area contributed by atoms with E-state index in [-0.39, 0.29) is 0 Å². The van der Waals surface area contributed by atoms with Crippen LogP contribution < -0.4 is 5.32 Å². The van der Waals surface area contributed by atoms with Crippen LogP contribution in [-0.4, -0.2) is 49.7 Å². The van der Waals surface area contributed by atoms with Crippen molar-refractivity contribution in [3.8, 4) is 0 Å². The summed E-state index contributed by atoms with van der Waals surface area (Å²) in [5.41, 5.74) is -0.627. The van der Waals surface area contributed by atoms with Crippen molar-refractivity contribution in [2.24, 2.45) is 0 Å². The van der Waals surface area contributed by atoms with Crippen molar-refractivity contribution in [3.63, 3.8) is 0 Å². The third kappa shape index (κ3) is 2.25. The van der Waals surface area contributed by atoms with E-state index >= 15 is 0 Å². The highest BCUT2D eigenvalue weighted by atomic mass is 16.5. The van der Waals surface area contributed by atoms with E-state index < -0.39 is 5.60 Å². The van der Waals surface area contributed by atoms with Gasteiger partial charge in [0.05, 0.1) is 12.7 Å². The van der Waals surface area contributed by atoms with Crippen LogP contribution in [0.3, 0.4) is 0 Å². The Kier molecular flexibility index (Phi) is 3.07. The number of methoxy groups -OCH3 is 1. The minimum absolute atomic E-state index is 0.418. The summed E-state index contributed by atoms with van der Waals surface area (Å²) < 4.78 is 10.4. The van der Waals surface area contributed by atoms with Gasteiger partial charge in [0.25, 0.3) is 0 Å². The Morgan fingerprint density at radius 2 is 2.36 bits per heavy atom. The molecule has 4 heteroatoms. The van der Waals surface area contributed by atoms with Gasteiger partial charge in [-0.1, -0.05) is 0 Å². The Hall–Kier alpha value is -0.160. The lowest BCUT2D eigenvalue weighted by molar-refractivity contribution is -0.00529. The molecule has 1 aliphatic heterocycles. The highest BCUT2D eigenvalue weighted by Gasteiger charge is 2.35. The molecule has 0 radical (unpaired) electrons. The summed E-state index contributed by atoms with van der Waals surface area (Å²) in [7, 11) is 1.75. The van der Waals surface area contributed by atoms with Crippen molar-refractivity contribution in [1.29, 1.82) is 0 Å². The van der Waals surface area contributed by atoms with Crippen molar-refractivity contribution < 1.29 is 14.6 Å². The van der Waals surface area contributed by atoms with Gasteiger partial charge in [0.15, 0.2) is 0 Å². The Morgan fingerprint density at radius 3 is 2.93 bits per heavy atom. The van der Waals surface area contributed by atoms with Crippen LogP contribution in [0.15, 0.2) is 0 Å². The lowest BCUT2D eigenvalue weighted by atomic mass is 9.88. The van der Waals surface area contributed by atoms with E-state index in [1.807, 2.05) is 0 Å². The van der Waals surface area contributed by atoms with Crippen LogP contribution in [0.5, 0.6) is 0 Å². The topological polar surface area (TPSA) is 50.7 Å². The van der Waals surface area contributed by atoms with Crippen LogP contribution in [0.1, 0.15) is 19.3 Å². The highest BCUT2D eigenvalue weighted by molar-refractivity contribution is 4.91. The first kappa shape index (κ1) is 10.4. The summed E-state index contributed by atoms with van der Waals surface area (Å²) in [6.07, 6.45) is 3.29. The lowest BCUT2D eigenvalue weighted by Crippen LogP contribution is -2.51. The zero-order valence-electron chi connectivity index (χ0n) is 8.66. The summed E-state index contributed by atoms with van der Waals surface area (Å²) >= 11 is 0. The van der Waals surface area contributed by atoms with Crippen molar-refractivity contribution in [2.75, 3.05) is 26.9 Å². The molecule has 4 nitrogen and oxygen atoms in total. The van der Waals surface area contributed by atoms with Crippen LogP contribution in [0.4, 0.5) is 0 Å². The first-order valence-electron chi connectivity index (χ1n) is 5.28. The van der Waals surface area contributed by atoms with Gasteiger partial charge >= 0.3 is 0 Å². The molecule has 2 N–H and O–H groups in total. The second-order valence-electron chi connectivity index (χ2n) is 4.43. The van der Waals surface area contributed by atoms with Crippen LogP contribution >= 0.6 is 0 Å². The van der Waals surface area contributed by atoms with Gasteiger partial charge in [-0.15, -0.1) is 0 Å². The molecule has 14 heavy (non-hydrogen) atoms. The molecule has 2 aliphatic rings. The van der Waals surface area contributed by atoms with Crippen molar-refractivity contribution in [3.05, 3.63) is 0 Å². The quantitative estimate of drug-likeness (QED) is 0.667. The summed E-state index contributed by atoms with van der Waals surface area (Å²) in [6.45, 7) is 1.80. The molecule has 1 saturated heterocycles. The van der Waals surface area contributed by atoms with Crippen LogP contribution in [-0.2, 0) is 9.47 Å². The number of aliphatic hydroxyl groups is 1. The molecule has 1 aliphatic carbocycles. The Bertz CT molecular complexity index is 186. The summed E-state index contributed by atoms with van der Waals surface area (Å²) in [4.78, 5) is 0. The van der Waals surface area contributed by atoms with Gasteiger partial charge in [-0.2, -0.15) is 0 Å². The van der Waals surface area contributed by atoms with Crippen molar-refractivity contribution in [2.45, 2.75) is 37.0 Å². The molecule has 0 spiro atoms. The fourth-order valence-corrected chi connectivity index (χ4v) is 1.99.